The predicted octanol–water partition coefficient (Wildman–Crippen LogP) is 2.45. The lowest BCUT2D eigenvalue weighted by Crippen LogP contribution is -2.36. The Labute approximate surface area is 151 Å². The van der Waals surface area contributed by atoms with Crippen LogP contribution in [0.3, 0.4) is 0 Å². The van der Waals surface area contributed by atoms with Crippen LogP contribution in [0.4, 0.5) is 19.0 Å². The molecule has 0 aliphatic carbocycles. The molecule has 1 fully saturated rings. The minimum Gasteiger partial charge on any atom is -0.356 e. The summed E-state index contributed by atoms with van der Waals surface area (Å²) < 4.78 is 40.1. The van der Waals surface area contributed by atoms with Crippen LogP contribution in [0, 0.1) is 5.92 Å². The molecule has 1 saturated heterocycles. The highest BCUT2D eigenvalue weighted by molar-refractivity contribution is 5.69. The number of imidazole rings is 1. The molecule has 3 aromatic rings. The Balaban J connectivity index is 1.45. The molecule has 0 bridgehead atoms. The lowest BCUT2D eigenvalue weighted by atomic mass is 9.96. The molecule has 27 heavy (non-hydrogen) atoms. The molecule has 0 radical (unpaired) electrons. The van der Waals surface area contributed by atoms with Gasteiger partial charge in [0.15, 0.2) is 5.65 Å². The van der Waals surface area contributed by atoms with Crippen LogP contribution in [-0.2, 0) is 12.7 Å². The van der Waals surface area contributed by atoms with Crippen LogP contribution in [0.1, 0.15) is 18.5 Å². The summed E-state index contributed by atoms with van der Waals surface area (Å²) in [7, 11) is 0. The number of alkyl halides is 3. The van der Waals surface area contributed by atoms with Gasteiger partial charge in [0.05, 0.1) is 5.52 Å². The first-order valence-corrected chi connectivity index (χ1v) is 8.59. The number of nitrogens with one attached hydrogen (secondary N) is 1. The van der Waals surface area contributed by atoms with E-state index in [1.165, 1.54) is 0 Å². The first kappa shape index (κ1) is 17.5. The predicted molar refractivity (Wildman–Crippen MR) is 92.3 cm³/mol. The summed E-state index contributed by atoms with van der Waals surface area (Å²) in [5, 5.41) is 0. The Morgan fingerprint density at radius 3 is 2.70 bits per heavy atom. The number of hydrogen-bond donors (Lipinski definition) is 1. The number of anilines is 1. The molecule has 7 nitrogen and oxygen atoms in total. The van der Waals surface area contributed by atoms with Crippen LogP contribution < -0.4 is 10.6 Å². The summed E-state index contributed by atoms with van der Waals surface area (Å²) >= 11 is 0. The van der Waals surface area contributed by atoms with E-state index in [-0.39, 0.29) is 17.4 Å². The van der Waals surface area contributed by atoms with Crippen LogP contribution in [-0.4, -0.2) is 37.6 Å². The highest BCUT2D eigenvalue weighted by atomic mass is 19.4. The monoisotopic (exact) mass is 378 g/mol. The number of aromatic amines is 1. The van der Waals surface area contributed by atoms with Gasteiger partial charge in [-0.25, -0.2) is 19.7 Å². The maximum Gasteiger partial charge on any atom is 0.433 e. The van der Waals surface area contributed by atoms with Crippen molar-refractivity contribution in [3.63, 3.8) is 0 Å². The lowest BCUT2D eigenvalue weighted by Gasteiger charge is -2.32. The SMILES string of the molecule is O=c1[nH]c2cccnc2n1CC1CCN(c2cc(C(F)(F)F)ncn2)CC1. The van der Waals surface area contributed by atoms with Crippen molar-refractivity contribution < 1.29 is 13.2 Å². The average molecular weight is 378 g/mol. The molecule has 4 rings (SSSR count). The van der Waals surface area contributed by atoms with Crippen molar-refractivity contribution in [1.29, 1.82) is 0 Å². The van der Waals surface area contributed by atoms with Crippen LogP contribution in [0.15, 0.2) is 35.5 Å². The van der Waals surface area contributed by atoms with Gasteiger partial charge in [0.25, 0.3) is 0 Å². The lowest BCUT2D eigenvalue weighted by molar-refractivity contribution is -0.141. The van der Waals surface area contributed by atoms with Gasteiger partial charge >= 0.3 is 11.9 Å². The molecule has 1 N–H and O–H groups in total. The fourth-order valence-electron chi connectivity index (χ4n) is 3.44. The van der Waals surface area contributed by atoms with Crippen LogP contribution in [0.2, 0.25) is 0 Å². The molecule has 1 aliphatic rings. The van der Waals surface area contributed by atoms with Crippen LogP contribution >= 0.6 is 0 Å². The number of hydrogen-bond acceptors (Lipinski definition) is 5. The first-order chi connectivity index (χ1) is 12.9. The third-order valence-electron chi connectivity index (χ3n) is 4.85. The number of pyridine rings is 1. The Morgan fingerprint density at radius 1 is 1.19 bits per heavy atom. The molecule has 3 aromatic heterocycles. The van der Waals surface area contributed by atoms with Crippen molar-refractivity contribution in [3.8, 4) is 0 Å². The van der Waals surface area contributed by atoms with Gasteiger partial charge in [-0.2, -0.15) is 13.2 Å². The Hall–Kier alpha value is -2.91. The molecule has 0 unspecified atom stereocenters. The quantitative estimate of drug-likeness (QED) is 0.757. The molecule has 142 valence electrons. The second kappa shape index (κ2) is 6.67. The number of piperidine rings is 1. The molecular weight excluding hydrogens is 361 g/mol. The van der Waals surface area contributed by atoms with Crippen molar-refractivity contribution in [1.82, 2.24) is 24.5 Å². The number of halogens is 3. The zero-order valence-electron chi connectivity index (χ0n) is 14.3. The van der Waals surface area contributed by atoms with Gasteiger partial charge in [-0.15, -0.1) is 0 Å². The molecule has 1 aliphatic heterocycles. The minimum atomic E-state index is -4.49. The largest absolute Gasteiger partial charge is 0.433 e. The second-order valence-electron chi connectivity index (χ2n) is 6.60. The van der Waals surface area contributed by atoms with E-state index in [0.717, 1.165) is 25.2 Å². The number of fused-ring (bicyclic) bond motifs is 1. The number of rotatable bonds is 3. The van der Waals surface area contributed by atoms with E-state index in [9.17, 15) is 18.0 Å². The van der Waals surface area contributed by atoms with Crippen molar-refractivity contribution in [2.75, 3.05) is 18.0 Å². The molecule has 10 heteroatoms. The van der Waals surface area contributed by atoms with E-state index >= 15 is 0 Å². The van der Waals surface area contributed by atoms with E-state index in [0.29, 0.717) is 30.8 Å². The van der Waals surface area contributed by atoms with Gasteiger partial charge in [0.1, 0.15) is 17.8 Å². The average Bonchev–Trinajstić information content (AvgIpc) is 2.97. The second-order valence-corrected chi connectivity index (χ2v) is 6.60. The van der Waals surface area contributed by atoms with E-state index in [4.69, 9.17) is 0 Å². The van der Waals surface area contributed by atoms with Gasteiger partial charge in [-0.3, -0.25) is 4.57 Å². The van der Waals surface area contributed by atoms with Gasteiger partial charge < -0.3 is 9.88 Å². The summed E-state index contributed by atoms with van der Waals surface area (Å²) in [6, 6.07) is 4.54. The summed E-state index contributed by atoms with van der Waals surface area (Å²) in [5.74, 6) is 0.519. The van der Waals surface area contributed by atoms with Gasteiger partial charge in [-0.1, -0.05) is 0 Å². The molecular formula is C17H17F3N6O. The summed E-state index contributed by atoms with van der Waals surface area (Å²) in [6.45, 7) is 1.67. The Kier molecular flexibility index (Phi) is 4.33. The molecule has 0 saturated carbocycles. The Bertz CT molecular complexity index is 1000. The smallest absolute Gasteiger partial charge is 0.356 e. The highest BCUT2D eigenvalue weighted by Crippen LogP contribution is 2.30. The Morgan fingerprint density at radius 2 is 1.96 bits per heavy atom. The number of H-pyrrole nitrogens is 1. The van der Waals surface area contributed by atoms with Crippen molar-refractivity contribution in [2.24, 2.45) is 5.92 Å². The maximum atomic E-state index is 12.8. The zero-order valence-corrected chi connectivity index (χ0v) is 14.3. The minimum absolute atomic E-state index is 0.197. The molecule has 0 amide bonds. The fraction of sp³-hybridized carbons (Fsp3) is 0.412. The normalized spacial score (nSPS) is 16.2. The van der Waals surface area contributed by atoms with Gasteiger partial charge in [0, 0.05) is 31.9 Å². The summed E-state index contributed by atoms with van der Waals surface area (Å²) in [5.41, 5.74) is 0.180. The topological polar surface area (TPSA) is 79.7 Å². The first-order valence-electron chi connectivity index (χ1n) is 8.59. The standard InChI is InChI=1S/C17H17F3N6O/c18-17(19,20)13-8-14(23-10-22-13)25-6-3-11(4-7-25)9-26-15-12(24-16(26)27)2-1-5-21-15/h1-2,5,8,10-11H,3-4,6-7,9H2,(H,24,27). The van der Waals surface area contributed by atoms with Crippen LogP contribution in [0.5, 0.6) is 0 Å². The summed E-state index contributed by atoms with van der Waals surface area (Å²) in [4.78, 5) is 28.3. The van der Waals surface area contributed by atoms with Crippen LogP contribution in [0.25, 0.3) is 11.2 Å². The van der Waals surface area contributed by atoms with E-state index < -0.39 is 11.9 Å². The van der Waals surface area contributed by atoms with E-state index in [1.54, 1.807) is 22.9 Å². The molecule has 4 heterocycles. The number of nitrogens with zero attached hydrogens (tertiary/aromatic N) is 5. The third kappa shape index (κ3) is 3.51. The summed E-state index contributed by atoms with van der Waals surface area (Å²) in [6.07, 6.45) is -0.405. The maximum absolute atomic E-state index is 12.8. The van der Waals surface area contributed by atoms with Crippen molar-refractivity contribution in [3.05, 3.63) is 46.9 Å². The van der Waals surface area contributed by atoms with Crippen molar-refractivity contribution >= 4 is 17.0 Å². The van der Waals surface area contributed by atoms with E-state index in [2.05, 4.69) is 19.9 Å². The van der Waals surface area contributed by atoms with Gasteiger partial charge in [-0.05, 0) is 30.9 Å². The van der Waals surface area contributed by atoms with Crippen molar-refractivity contribution in [2.45, 2.75) is 25.6 Å². The molecule has 0 aromatic carbocycles. The zero-order chi connectivity index (χ0) is 19.0. The van der Waals surface area contributed by atoms with E-state index in [1.807, 2.05) is 4.90 Å². The third-order valence-corrected chi connectivity index (χ3v) is 4.85. The number of aromatic nitrogens is 5. The highest BCUT2D eigenvalue weighted by Gasteiger charge is 2.33. The fourth-order valence-corrected chi connectivity index (χ4v) is 3.44. The molecule has 0 atom stereocenters. The molecule has 0 spiro atoms. The van der Waals surface area contributed by atoms with Gasteiger partial charge in [0.2, 0.25) is 0 Å².